The number of carbonyl (C=O) groups excluding carboxylic acids is 2. The molecule has 4 nitrogen and oxygen atoms in total. The summed E-state index contributed by atoms with van der Waals surface area (Å²) in [5.41, 5.74) is 0.472. The average Bonchev–Trinajstić information content (AvgIpc) is 2.35. The molecule has 1 rings (SSSR count). The highest BCUT2D eigenvalue weighted by molar-refractivity contribution is 5.87. The maximum atomic E-state index is 11.8. The largest absolute Gasteiger partial charge is 0.445 e. The molecule has 4 heteroatoms. The van der Waals surface area contributed by atoms with E-state index in [0.29, 0.717) is 0 Å². The molecule has 0 bridgehead atoms. The Morgan fingerprint density at radius 1 is 1.16 bits per heavy atom. The summed E-state index contributed by atoms with van der Waals surface area (Å²) < 4.78 is 5.14. The third kappa shape index (κ3) is 5.12. The van der Waals surface area contributed by atoms with Gasteiger partial charge < -0.3 is 9.64 Å². The summed E-state index contributed by atoms with van der Waals surface area (Å²) in [5.74, 6) is 0.00617. The lowest BCUT2D eigenvalue weighted by Gasteiger charge is -2.22. The van der Waals surface area contributed by atoms with Crippen LogP contribution in [0.4, 0.5) is 4.79 Å². The Morgan fingerprint density at radius 2 is 1.74 bits per heavy atom. The molecule has 0 atom stereocenters. The Bertz CT molecular complexity index is 434. The number of hydrogen-bond acceptors (Lipinski definition) is 3. The van der Waals surface area contributed by atoms with Gasteiger partial charge in [-0.25, -0.2) is 4.79 Å². The molecule has 1 amide bonds. The van der Waals surface area contributed by atoms with Gasteiger partial charge in [0, 0.05) is 12.5 Å². The molecule has 0 aliphatic carbocycles. The average molecular weight is 263 g/mol. The van der Waals surface area contributed by atoms with Crippen molar-refractivity contribution in [3.8, 4) is 0 Å². The van der Waals surface area contributed by atoms with Crippen molar-refractivity contribution in [3.63, 3.8) is 0 Å². The Labute approximate surface area is 114 Å². The number of ketones is 1. The summed E-state index contributed by atoms with van der Waals surface area (Å²) >= 11 is 0. The number of ether oxygens (including phenoxy) is 1. The number of rotatable bonds is 4. The van der Waals surface area contributed by atoms with Gasteiger partial charge in [-0.15, -0.1) is 0 Å². The molecule has 1 aromatic carbocycles. The van der Waals surface area contributed by atoms with E-state index in [1.807, 2.05) is 51.1 Å². The van der Waals surface area contributed by atoms with Crippen LogP contribution in [0.1, 0.15) is 26.3 Å². The minimum absolute atomic E-state index is 0.00617. The van der Waals surface area contributed by atoms with Crippen molar-refractivity contribution >= 4 is 11.9 Å². The molecule has 0 fully saturated rings. The Kier molecular flexibility index (Phi) is 5.10. The fourth-order valence-electron chi connectivity index (χ4n) is 1.35. The number of amides is 1. The van der Waals surface area contributed by atoms with E-state index in [1.165, 1.54) is 4.90 Å². The number of carbonyl (C=O) groups is 2. The second-order valence-corrected chi connectivity index (χ2v) is 5.57. The summed E-state index contributed by atoms with van der Waals surface area (Å²) in [5, 5.41) is 0. The zero-order valence-electron chi connectivity index (χ0n) is 12.0. The molecule has 19 heavy (non-hydrogen) atoms. The Morgan fingerprint density at radius 3 is 2.26 bits per heavy atom. The van der Waals surface area contributed by atoms with E-state index in [-0.39, 0.29) is 18.9 Å². The molecule has 0 saturated carbocycles. The lowest BCUT2D eigenvalue weighted by molar-refractivity contribution is -0.126. The van der Waals surface area contributed by atoms with E-state index in [4.69, 9.17) is 4.74 Å². The van der Waals surface area contributed by atoms with E-state index in [2.05, 4.69) is 0 Å². The molecule has 0 unspecified atom stereocenters. The zero-order chi connectivity index (χ0) is 14.5. The summed E-state index contributed by atoms with van der Waals surface area (Å²) in [7, 11) is 1.57. The van der Waals surface area contributed by atoms with Gasteiger partial charge >= 0.3 is 6.09 Å². The highest BCUT2D eigenvalue weighted by atomic mass is 16.6. The van der Waals surface area contributed by atoms with Crippen LogP contribution in [0.3, 0.4) is 0 Å². The molecular weight excluding hydrogens is 242 g/mol. The fraction of sp³-hybridized carbons (Fsp3) is 0.467. The first-order valence-corrected chi connectivity index (χ1v) is 6.26. The van der Waals surface area contributed by atoms with Gasteiger partial charge in [-0.1, -0.05) is 51.1 Å². The highest BCUT2D eigenvalue weighted by Crippen LogP contribution is 2.15. The van der Waals surface area contributed by atoms with Crippen LogP contribution < -0.4 is 0 Å². The number of benzene rings is 1. The van der Waals surface area contributed by atoms with Crippen molar-refractivity contribution in [2.45, 2.75) is 27.4 Å². The monoisotopic (exact) mass is 263 g/mol. The maximum Gasteiger partial charge on any atom is 0.410 e. The first-order chi connectivity index (χ1) is 8.80. The van der Waals surface area contributed by atoms with Crippen molar-refractivity contribution < 1.29 is 14.3 Å². The van der Waals surface area contributed by atoms with E-state index in [9.17, 15) is 9.59 Å². The Balaban J connectivity index is 2.43. The zero-order valence-corrected chi connectivity index (χ0v) is 12.0. The first kappa shape index (κ1) is 15.2. The van der Waals surface area contributed by atoms with Crippen molar-refractivity contribution in [3.05, 3.63) is 35.9 Å². The van der Waals surface area contributed by atoms with Crippen LogP contribution in [-0.4, -0.2) is 30.4 Å². The number of hydrogen-bond donors (Lipinski definition) is 0. The normalized spacial score (nSPS) is 10.9. The SMILES string of the molecule is CN(CC(=O)C(C)(C)C)C(=O)OCc1ccccc1. The molecule has 104 valence electrons. The van der Waals surface area contributed by atoms with Crippen LogP contribution in [0, 0.1) is 5.41 Å². The second kappa shape index (κ2) is 6.36. The molecule has 0 spiro atoms. The van der Waals surface area contributed by atoms with Gasteiger partial charge in [-0.3, -0.25) is 4.79 Å². The lowest BCUT2D eigenvalue weighted by Crippen LogP contribution is -2.37. The standard InChI is InChI=1S/C15H21NO3/c1-15(2,3)13(17)10-16(4)14(18)19-11-12-8-6-5-7-9-12/h5-9H,10-11H2,1-4H3. The quantitative estimate of drug-likeness (QED) is 0.839. The predicted molar refractivity (Wildman–Crippen MR) is 73.7 cm³/mol. The van der Waals surface area contributed by atoms with Gasteiger partial charge in [0.05, 0.1) is 6.54 Å². The van der Waals surface area contributed by atoms with Crippen LogP contribution in [-0.2, 0) is 16.1 Å². The third-order valence-corrected chi connectivity index (χ3v) is 2.73. The number of nitrogens with zero attached hydrogens (tertiary/aromatic N) is 1. The van der Waals surface area contributed by atoms with E-state index in [1.54, 1.807) is 7.05 Å². The summed E-state index contributed by atoms with van der Waals surface area (Å²) in [6.07, 6.45) is -0.485. The third-order valence-electron chi connectivity index (χ3n) is 2.73. The lowest BCUT2D eigenvalue weighted by atomic mass is 9.91. The highest BCUT2D eigenvalue weighted by Gasteiger charge is 2.24. The summed E-state index contributed by atoms with van der Waals surface area (Å²) in [4.78, 5) is 24.8. The Hall–Kier alpha value is -1.84. The molecule has 0 N–H and O–H groups in total. The minimum Gasteiger partial charge on any atom is -0.445 e. The smallest absolute Gasteiger partial charge is 0.410 e. The topological polar surface area (TPSA) is 46.6 Å². The molecule has 1 aromatic rings. The minimum atomic E-state index is -0.485. The van der Waals surface area contributed by atoms with Gasteiger partial charge in [-0.2, -0.15) is 0 Å². The van der Waals surface area contributed by atoms with E-state index >= 15 is 0 Å². The van der Waals surface area contributed by atoms with Crippen LogP contribution in [0.25, 0.3) is 0 Å². The van der Waals surface area contributed by atoms with Crippen molar-refractivity contribution in [2.24, 2.45) is 5.41 Å². The predicted octanol–water partition coefficient (Wildman–Crippen LogP) is 2.87. The van der Waals surface area contributed by atoms with Crippen molar-refractivity contribution in [1.29, 1.82) is 0 Å². The van der Waals surface area contributed by atoms with Gasteiger partial charge in [0.25, 0.3) is 0 Å². The number of likely N-dealkylation sites (N-methyl/N-ethyl adjacent to an activating group) is 1. The maximum absolute atomic E-state index is 11.8. The van der Waals surface area contributed by atoms with Crippen LogP contribution in [0.15, 0.2) is 30.3 Å². The van der Waals surface area contributed by atoms with Crippen LogP contribution in [0.2, 0.25) is 0 Å². The molecular formula is C15H21NO3. The fourth-order valence-corrected chi connectivity index (χ4v) is 1.35. The molecule has 0 radical (unpaired) electrons. The van der Waals surface area contributed by atoms with Crippen molar-refractivity contribution in [1.82, 2.24) is 4.90 Å². The van der Waals surface area contributed by atoms with Crippen LogP contribution >= 0.6 is 0 Å². The van der Waals surface area contributed by atoms with Gasteiger partial charge in [0.15, 0.2) is 5.78 Å². The summed E-state index contributed by atoms with van der Waals surface area (Å²) in [6, 6.07) is 9.44. The van der Waals surface area contributed by atoms with Gasteiger partial charge in [-0.05, 0) is 5.56 Å². The molecule has 0 aliphatic heterocycles. The van der Waals surface area contributed by atoms with Gasteiger partial charge in [0.1, 0.15) is 6.61 Å². The summed E-state index contributed by atoms with van der Waals surface area (Å²) in [6.45, 7) is 5.78. The van der Waals surface area contributed by atoms with E-state index < -0.39 is 11.5 Å². The molecule has 0 aliphatic rings. The molecule has 0 saturated heterocycles. The van der Waals surface area contributed by atoms with Gasteiger partial charge in [0.2, 0.25) is 0 Å². The second-order valence-electron chi connectivity index (χ2n) is 5.57. The number of Topliss-reactive ketones (excluding diaryl/α,β-unsaturated/α-hetero) is 1. The molecule has 0 aromatic heterocycles. The van der Waals surface area contributed by atoms with E-state index in [0.717, 1.165) is 5.56 Å². The first-order valence-electron chi connectivity index (χ1n) is 6.26. The van der Waals surface area contributed by atoms with Crippen molar-refractivity contribution in [2.75, 3.05) is 13.6 Å². The van der Waals surface area contributed by atoms with Crippen LogP contribution in [0.5, 0.6) is 0 Å². The molecule has 0 heterocycles.